The van der Waals surface area contributed by atoms with Gasteiger partial charge in [0.05, 0.1) is 4.47 Å². The quantitative estimate of drug-likeness (QED) is 0.807. The van der Waals surface area contributed by atoms with Gasteiger partial charge in [-0.3, -0.25) is 0 Å². The Bertz CT molecular complexity index is 355. The van der Waals surface area contributed by atoms with Crippen LogP contribution in [0.2, 0.25) is 0 Å². The van der Waals surface area contributed by atoms with Crippen LogP contribution in [-0.2, 0) is 6.42 Å². The maximum Gasteiger partial charge on any atom is 0.201 e. The Labute approximate surface area is 88.9 Å². The van der Waals surface area contributed by atoms with Crippen molar-refractivity contribution in [1.29, 1.82) is 0 Å². The van der Waals surface area contributed by atoms with Crippen LogP contribution in [0, 0.1) is 11.6 Å². The van der Waals surface area contributed by atoms with E-state index in [-0.39, 0.29) is 10.5 Å². The molecule has 0 spiro atoms. The van der Waals surface area contributed by atoms with Crippen molar-refractivity contribution in [2.24, 2.45) is 5.73 Å². The molecule has 0 fully saturated rings. The summed E-state index contributed by atoms with van der Waals surface area (Å²) in [5.41, 5.74) is 5.79. The summed E-state index contributed by atoms with van der Waals surface area (Å²) in [6, 6.07) is 1.11. The Morgan fingerprint density at radius 1 is 1.50 bits per heavy atom. The lowest BCUT2D eigenvalue weighted by molar-refractivity contribution is 0.398. The van der Waals surface area contributed by atoms with Crippen molar-refractivity contribution in [2.45, 2.75) is 19.4 Å². The Hall–Kier alpha value is -0.680. The van der Waals surface area contributed by atoms with Gasteiger partial charge in [0.2, 0.25) is 5.82 Å². The standard InChI is InChI=1S/C9H10BrF2NO/c1-4(13)2-5-3-6(10)7(11)8(12)9(5)14/h3-4,14H,2,13H2,1H3. The van der Waals surface area contributed by atoms with Gasteiger partial charge in [0.25, 0.3) is 0 Å². The minimum Gasteiger partial charge on any atom is -0.505 e. The molecular weight excluding hydrogens is 256 g/mol. The van der Waals surface area contributed by atoms with Gasteiger partial charge in [0.1, 0.15) is 0 Å². The second-order valence-electron chi connectivity index (χ2n) is 3.18. The lowest BCUT2D eigenvalue weighted by atomic mass is 10.1. The zero-order valence-electron chi connectivity index (χ0n) is 7.52. The maximum atomic E-state index is 13.0. The van der Waals surface area contributed by atoms with E-state index in [2.05, 4.69) is 15.9 Å². The summed E-state index contributed by atoms with van der Waals surface area (Å²) in [6.45, 7) is 1.72. The molecule has 0 saturated heterocycles. The molecule has 0 aliphatic heterocycles. The lowest BCUT2D eigenvalue weighted by Crippen LogP contribution is -2.18. The van der Waals surface area contributed by atoms with Crippen molar-refractivity contribution < 1.29 is 13.9 Å². The predicted octanol–water partition coefficient (Wildman–Crippen LogP) is 2.32. The van der Waals surface area contributed by atoms with E-state index in [0.29, 0.717) is 12.0 Å². The third-order valence-corrected chi connectivity index (χ3v) is 2.33. The number of halogens is 3. The number of hydrogen-bond donors (Lipinski definition) is 2. The van der Waals surface area contributed by atoms with Crippen molar-refractivity contribution >= 4 is 15.9 Å². The van der Waals surface area contributed by atoms with Gasteiger partial charge in [0, 0.05) is 6.04 Å². The van der Waals surface area contributed by atoms with Gasteiger partial charge >= 0.3 is 0 Å². The molecule has 3 N–H and O–H groups in total. The van der Waals surface area contributed by atoms with E-state index in [1.807, 2.05) is 0 Å². The van der Waals surface area contributed by atoms with Crippen LogP contribution in [0.4, 0.5) is 8.78 Å². The summed E-state index contributed by atoms with van der Waals surface area (Å²) in [6.07, 6.45) is 0.293. The van der Waals surface area contributed by atoms with E-state index >= 15 is 0 Å². The van der Waals surface area contributed by atoms with Crippen LogP contribution in [0.25, 0.3) is 0 Å². The van der Waals surface area contributed by atoms with Gasteiger partial charge in [-0.1, -0.05) is 0 Å². The highest BCUT2D eigenvalue weighted by atomic mass is 79.9. The molecule has 14 heavy (non-hydrogen) atoms. The first-order valence-corrected chi connectivity index (χ1v) is 4.83. The number of aromatic hydroxyl groups is 1. The molecule has 0 aliphatic rings. The van der Waals surface area contributed by atoms with Crippen molar-refractivity contribution in [3.8, 4) is 5.75 Å². The van der Waals surface area contributed by atoms with Crippen LogP contribution in [0.1, 0.15) is 12.5 Å². The summed E-state index contributed by atoms with van der Waals surface area (Å²) in [5, 5.41) is 9.26. The lowest BCUT2D eigenvalue weighted by Gasteiger charge is -2.09. The SMILES string of the molecule is CC(N)Cc1cc(Br)c(F)c(F)c1O. The number of rotatable bonds is 2. The number of hydrogen-bond acceptors (Lipinski definition) is 2. The molecule has 1 aromatic rings. The molecular formula is C9H10BrF2NO. The zero-order chi connectivity index (χ0) is 10.9. The first-order valence-electron chi connectivity index (χ1n) is 4.04. The van der Waals surface area contributed by atoms with Crippen molar-refractivity contribution in [3.63, 3.8) is 0 Å². The topological polar surface area (TPSA) is 46.2 Å². The minimum absolute atomic E-state index is 0.0107. The highest BCUT2D eigenvalue weighted by Crippen LogP contribution is 2.30. The van der Waals surface area contributed by atoms with Crippen molar-refractivity contribution in [2.75, 3.05) is 0 Å². The van der Waals surface area contributed by atoms with Crippen LogP contribution in [0.5, 0.6) is 5.75 Å². The molecule has 0 aliphatic carbocycles. The molecule has 0 bridgehead atoms. The number of phenols is 1. The fourth-order valence-corrected chi connectivity index (χ4v) is 1.59. The highest BCUT2D eigenvalue weighted by Gasteiger charge is 2.16. The van der Waals surface area contributed by atoms with E-state index in [4.69, 9.17) is 5.73 Å². The largest absolute Gasteiger partial charge is 0.505 e. The summed E-state index contributed by atoms with van der Waals surface area (Å²) < 4.78 is 25.9. The third-order valence-electron chi connectivity index (χ3n) is 1.76. The molecule has 0 amide bonds. The second-order valence-corrected chi connectivity index (χ2v) is 4.03. The van der Waals surface area contributed by atoms with Crippen molar-refractivity contribution in [1.82, 2.24) is 0 Å². The highest BCUT2D eigenvalue weighted by molar-refractivity contribution is 9.10. The van der Waals surface area contributed by atoms with Crippen LogP contribution in [0.15, 0.2) is 10.5 Å². The molecule has 5 heteroatoms. The Morgan fingerprint density at radius 2 is 2.07 bits per heavy atom. The normalized spacial score (nSPS) is 12.9. The Kier molecular flexibility index (Phi) is 3.44. The van der Waals surface area contributed by atoms with Gasteiger partial charge in [-0.25, -0.2) is 4.39 Å². The van der Waals surface area contributed by atoms with E-state index in [1.54, 1.807) is 6.92 Å². The predicted molar refractivity (Wildman–Crippen MR) is 53.1 cm³/mol. The van der Waals surface area contributed by atoms with Gasteiger partial charge in [-0.05, 0) is 40.9 Å². The molecule has 1 rings (SSSR count). The van der Waals surface area contributed by atoms with Crippen molar-refractivity contribution in [3.05, 3.63) is 27.7 Å². The second kappa shape index (κ2) is 4.23. The molecule has 1 atom stereocenters. The number of nitrogens with two attached hydrogens (primary N) is 1. The molecule has 78 valence electrons. The Morgan fingerprint density at radius 3 is 2.57 bits per heavy atom. The first-order chi connectivity index (χ1) is 6.43. The molecule has 0 heterocycles. The van der Waals surface area contributed by atoms with Gasteiger partial charge in [-0.15, -0.1) is 0 Å². The smallest absolute Gasteiger partial charge is 0.201 e. The summed E-state index contributed by atoms with van der Waals surface area (Å²) in [5.74, 6) is -2.99. The summed E-state index contributed by atoms with van der Waals surface area (Å²) >= 11 is 2.85. The maximum absolute atomic E-state index is 13.0. The fraction of sp³-hybridized carbons (Fsp3) is 0.333. The zero-order valence-corrected chi connectivity index (χ0v) is 9.11. The number of benzene rings is 1. The monoisotopic (exact) mass is 265 g/mol. The van der Waals surface area contributed by atoms with Crippen LogP contribution < -0.4 is 5.73 Å². The van der Waals surface area contributed by atoms with Crippen LogP contribution in [0.3, 0.4) is 0 Å². The average molecular weight is 266 g/mol. The van der Waals surface area contributed by atoms with Gasteiger partial charge in [-0.2, -0.15) is 4.39 Å². The van der Waals surface area contributed by atoms with E-state index in [1.165, 1.54) is 6.07 Å². The Balaban J connectivity index is 3.19. The first kappa shape index (κ1) is 11.4. The molecule has 1 unspecified atom stereocenters. The molecule has 1 aromatic carbocycles. The van der Waals surface area contributed by atoms with Crippen LogP contribution in [-0.4, -0.2) is 11.1 Å². The molecule has 0 aromatic heterocycles. The average Bonchev–Trinajstić information content (AvgIpc) is 2.10. The fourth-order valence-electron chi connectivity index (χ4n) is 1.14. The number of phenolic OH excluding ortho intramolecular Hbond substituents is 1. The molecule has 0 saturated carbocycles. The minimum atomic E-state index is -1.24. The summed E-state index contributed by atoms with van der Waals surface area (Å²) in [4.78, 5) is 0. The van der Waals surface area contributed by atoms with E-state index in [0.717, 1.165) is 0 Å². The summed E-state index contributed by atoms with van der Waals surface area (Å²) in [7, 11) is 0. The molecule has 0 radical (unpaired) electrons. The third kappa shape index (κ3) is 2.22. The van der Waals surface area contributed by atoms with Gasteiger partial charge < -0.3 is 10.8 Å². The van der Waals surface area contributed by atoms with E-state index in [9.17, 15) is 13.9 Å². The van der Waals surface area contributed by atoms with Crippen LogP contribution >= 0.6 is 15.9 Å². The molecule has 2 nitrogen and oxygen atoms in total. The van der Waals surface area contributed by atoms with Gasteiger partial charge in [0.15, 0.2) is 11.6 Å². The van der Waals surface area contributed by atoms with E-state index < -0.39 is 17.4 Å².